The highest BCUT2D eigenvalue weighted by Gasteiger charge is 2.37. The quantitative estimate of drug-likeness (QED) is 0.827. The summed E-state index contributed by atoms with van der Waals surface area (Å²) in [5.74, 6) is 0.217. The van der Waals surface area contributed by atoms with Crippen molar-refractivity contribution in [3.05, 3.63) is 28.3 Å². The van der Waals surface area contributed by atoms with Gasteiger partial charge in [0.2, 0.25) is 0 Å². The van der Waals surface area contributed by atoms with Gasteiger partial charge in [-0.1, -0.05) is 24.9 Å². The van der Waals surface area contributed by atoms with Crippen LogP contribution in [0.1, 0.15) is 42.1 Å². The smallest absolute Gasteiger partial charge is 0.261 e. The highest BCUT2D eigenvalue weighted by atomic mass is 35.7. The molecule has 1 saturated carbocycles. The van der Waals surface area contributed by atoms with Crippen LogP contribution < -0.4 is 5.32 Å². The van der Waals surface area contributed by atoms with Crippen LogP contribution in [0.2, 0.25) is 5.02 Å². The minimum atomic E-state index is -3.94. The van der Waals surface area contributed by atoms with Gasteiger partial charge in [0.15, 0.2) is 0 Å². The molecule has 1 aromatic carbocycles. The van der Waals surface area contributed by atoms with Crippen LogP contribution in [0.15, 0.2) is 17.0 Å². The number of carbonyl (C=O) groups is 1. The molecule has 0 aliphatic heterocycles. The maximum absolute atomic E-state index is 12.3. The van der Waals surface area contributed by atoms with Crippen molar-refractivity contribution in [3.63, 3.8) is 0 Å². The predicted octanol–water partition coefficient (Wildman–Crippen LogP) is 3.49. The molecule has 4 nitrogen and oxygen atoms in total. The molecule has 0 aromatic heterocycles. The first kappa shape index (κ1) is 16.6. The Bertz CT molecular complexity index is 673. The Kier molecular flexibility index (Phi) is 4.85. The van der Waals surface area contributed by atoms with Crippen molar-refractivity contribution < 1.29 is 13.2 Å². The molecule has 0 heterocycles. The highest BCUT2D eigenvalue weighted by Crippen LogP contribution is 2.35. The molecule has 7 heteroatoms. The van der Waals surface area contributed by atoms with Crippen LogP contribution in [0.25, 0.3) is 0 Å². The van der Waals surface area contributed by atoms with E-state index in [9.17, 15) is 13.2 Å². The Balaban J connectivity index is 2.24. The molecule has 1 amide bonds. The van der Waals surface area contributed by atoms with Gasteiger partial charge in [-0.3, -0.25) is 4.79 Å². The third-order valence-corrected chi connectivity index (χ3v) is 5.40. The highest BCUT2D eigenvalue weighted by molar-refractivity contribution is 8.13. The monoisotopic (exact) mass is 349 g/mol. The summed E-state index contributed by atoms with van der Waals surface area (Å²) >= 11 is 5.90. The number of benzene rings is 1. The van der Waals surface area contributed by atoms with Crippen molar-refractivity contribution in [1.82, 2.24) is 5.32 Å². The summed E-state index contributed by atoms with van der Waals surface area (Å²) in [5, 5.41) is 3.09. The molecule has 21 heavy (non-hydrogen) atoms. The van der Waals surface area contributed by atoms with Crippen molar-refractivity contribution in [2.75, 3.05) is 0 Å². The molecule has 0 spiro atoms. The standard InChI is InChI=1S/C14H17Cl2NO3S/c1-3-4-9-5-12(9)17-14(18)11-6-10(15)7-13(8(11)2)21(16,19)20/h6-7,9,12H,3-5H2,1-2H3,(H,17,18). The number of halogens is 2. The number of carbonyl (C=O) groups excluding carboxylic acids is 1. The molecule has 2 unspecified atom stereocenters. The molecule has 0 bridgehead atoms. The van der Waals surface area contributed by atoms with Crippen LogP contribution in [-0.4, -0.2) is 20.4 Å². The van der Waals surface area contributed by atoms with E-state index in [1.165, 1.54) is 12.1 Å². The van der Waals surface area contributed by atoms with Crippen molar-refractivity contribution >= 4 is 37.2 Å². The molecular weight excluding hydrogens is 333 g/mol. The minimum absolute atomic E-state index is 0.122. The van der Waals surface area contributed by atoms with E-state index in [0.717, 1.165) is 19.3 Å². The summed E-state index contributed by atoms with van der Waals surface area (Å²) in [6.07, 6.45) is 3.14. The Morgan fingerprint density at radius 3 is 2.67 bits per heavy atom. The van der Waals surface area contributed by atoms with Gasteiger partial charge >= 0.3 is 0 Å². The van der Waals surface area contributed by atoms with E-state index in [1.807, 2.05) is 0 Å². The fourth-order valence-electron chi connectivity index (χ4n) is 2.50. The fraction of sp³-hybridized carbons (Fsp3) is 0.500. The molecule has 1 fully saturated rings. The summed E-state index contributed by atoms with van der Waals surface area (Å²) in [5.41, 5.74) is 0.573. The van der Waals surface area contributed by atoms with Crippen molar-refractivity contribution in [1.29, 1.82) is 0 Å². The average Bonchev–Trinajstić information content (AvgIpc) is 3.08. The maximum Gasteiger partial charge on any atom is 0.261 e. The van der Waals surface area contributed by atoms with Crippen LogP contribution >= 0.6 is 22.3 Å². The van der Waals surface area contributed by atoms with E-state index in [2.05, 4.69) is 12.2 Å². The van der Waals surface area contributed by atoms with Crippen LogP contribution in [0, 0.1) is 12.8 Å². The molecule has 1 aliphatic carbocycles. The fourth-order valence-corrected chi connectivity index (χ4v) is 4.01. The average molecular weight is 350 g/mol. The lowest BCUT2D eigenvalue weighted by molar-refractivity contribution is 0.0948. The summed E-state index contributed by atoms with van der Waals surface area (Å²) in [6, 6.07) is 2.90. The number of amides is 1. The lowest BCUT2D eigenvalue weighted by Gasteiger charge is -2.11. The van der Waals surface area contributed by atoms with E-state index in [0.29, 0.717) is 11.5 Å². The SMILES string of the molecule is CCCC1CC1NC(=O)c1cc(Cl)cc(S(=O)(=O)Cl)c1C. The first-order valence-corrected chi connectivity index (χ1v) is 9.48. The van der Waals surface area contributed by atoms with Crippen molar-refractivity contribution in [3.8, 4) is 0 Å². The number of nitrogens with one attached hydrogen (secondary N) is 1. The summed E-state index contributed by atoms with van der Waals surface area (Å²) < 4.78 is 23.1. The Labute approximate surface area is 134 Å². The summed E-state index contributed by atoms with van der Waals surface area (Å²) in [7, 11) is 1.44. The lowest BCUT2D eigenvalue weighted by atomic mass is 10.1. The second-order valence-corrected chi connectivity index (χ2v) is 8.35. The largest absolute Gasteiger partial charge is 0.349 e. The number of hydrogen-bond acceptors (Lipinski definition) is 3. The zero-order valence-corrected chi connectivity index (χ0v) is 14.1. The zero-order chi connectivity index (χ0) is 15.8. The van der Waals surface area contributed by atoms with Gasteiger partial charge in [-0.25, -0.2) is 8.42 Å². The van der Waals surface area contributed by atoms with Gasteiger partial charge in [0.05, 0.1) is 4.90 Å². The van der Waals surface area contributed by atoms with Gasteiger partial charge in [0.1, 0.15) is 0 Å². The van der Waals surface area contributed by atoms with E-state index < -0.39 is 9.05 Å². The van der Waals surface area contributed by atoms with Gasteiger partial charge in [-0.2, -0.15) is 0 Å². The topological polar surface area (TPSA) is 63.2 Å². The second kappa shape index (κ2) is 6.15. The van der Waals surface area contributed by atoms with Crippen molar-refractivity contribution in [2.24, 2.45) is 5.92 Å². The normalized spacial score (nSPS) is 21.1. The van der Waals surface area contributed by atoms with E-state index in [4.69, 9.17) is 22.3 Å². The molecule has 0 saturated heterocycles. The van der Waals surface area contributed by atoms with Crippen LogP contribution in [0.3, 0.4) is 0 Å². The van der Waals surface area contributed by atoms with Crippen LogP contribution in [-0.2, 0) is 9.05 Å². The minimum Gasteiger partial charge on any atom is -0.349 e. The van der Waals surface area contributed by atoms with Crippen molar-refractivity contribution in [2.45, 2.75) is 44.0 Å². The summed E-state index contributed by atoms with van der Waals surface area (Å²) in [6.45, 7) is 3.66. The lowest BCUT2D eigenvalue weighted by Crippen LogP contribution is -2.27. The van der Waals surface area contributed by atoms with Crippen LogP contribution in [0.5, 0.6) is 0 Å². The number of hydrogen-bond donors (Lipinski definition) is 1. The molecule has 1 N–H and O–H groups in total. The third kappa shape index (κ3) is 3.90. The van der Waals surface area contributed by atoms with Gasteiger partial charge in [-0.05, 0) is 43.4 Å². The van der Waals surface area contributed by atoms with Gasteiger partial charge in [0.25, 0.3) is 15.0 Å². The second-order valence-electron chi connectivity index (χ2n) is 5.38. The molecule has 2 rings (SSSR count). The Morgan fingerprint density at radius 2 is 2.10 bits per heavy atom. The van der Waals surface area contributed by atoms with E-state index in [1.54, 1.807) is 6.92 Å². The molecule has 2 atom stereocenters. The Hall–Kier alpha value is -0.780. The third-order valence-electron chi connectivity index (χ3n) is 3.73. The molecule has 1 aromatic rings. The number of rotatable bonds is 5. The maximum atomic E-state index is 12.3. The molecule has 0 radical (unpaired) electrons. The van der Waals surface area contributed by atoms with Gasteiger partial charge < -0.3 is 5.32 Å². The summed E-state index contributed by atoms with van der Waals surface area (Å²) in [4.78, 5) is 12.2. The van der Waals surface area contributed by atoms with Gasteiger partial charge in [-0.15, -0.1) is 0 Å². The van der Waals surface area contributed by atoms with E-state index in [-0.39, 0.29) is 27.4 Å². The molecule has 1 aliphatic rings. The predicted molar refractivity (Wildman–Crippen MR) is 83.5 cm³/mol. The Morgan fingerprint density at radius 1 is 1.43 bits per heavy atom. The molecular formula is C14H17Cl2NO3S. The zero-order valence-electron chi connectivity index (χ0n) is 11.8. The van der Waals surface area contributed by atoms with Gasteiger partial charge in [0, 0.05) is 27.3 Å². The first-order valence-electron chi connectivity index (χ1n) is 6.79. The van der Waals surface area contributed by atoms with E-state index >= 15 is 0 Å². The first-order chi connectivity index (χ1) is 9.74. The van der Waals surface area contributed by atoms with Crippen LogP contribution in [0.4, 0.5) is 0 Å². The molecule has 116 valence electrons.